The van der Waals surface area contributed by atoms with Gasteiger partial charge in [0.15, 0.2) is 0 Å². The van der Waals surface area contributed by atoms with Crippen molar-refractivity contribution in [3.05, 3.63) is 42.0 Å². The fourth-order valence-corrected chi connectivity index (χ4v) is 1.95. The standard InChI is InChI=1S/C14H18N2O/c17-14(16-13-8-10-15-11-9-13)7-6-12-4-2-1-3-5-12/h1-7,13,15H,8-11H2,(H,16,17). The zero-order valence-corrected chi connectivity index (χ0v) is 9.86. The number of hydrogen-bond acceptors (Lipinski definition) is 2. The van der Waals surface area contributed by atoms with Crippen LogP contribution < -0.4 is 10.6 Å². The Hall–Kier alpha value is -1.61. The van der Waals surface area contributed by atoms with Crippen molar-refractivity contribution < 1.29 is 4.79 Å². The van der Waals surface area contributed by atoms with Crippen molar-refractivity contribution in [2.75, 3.05) is 13.1 Å². The molecule has 1 saturated heterocycles. The molecule has 2 N–H and O–H groups in total. The molecule has 1 heterocycles. The van der Waals surface area contributed by atoms with Gasteiger partial charge in [0.25, 0.3) is 0 Å². The Kier molecular flexibility index (Phi) is 4.33. The first kappa shape index (κ1) is 11.9. The number of amides is 1. The summed E-state index contributed by atoms with van der Waals surface area (Å²) in [6.45, 7) is 1.99. The fourth-order valence-electron chi connectivity index (χ4n) is 1.95. The molecular formula is C14H18N2O. The van der Waals surface area contributed by atoms with E-state index in [2.05, 4.69) is 10.6 Å². The number of nitrogens with one attached hydrogen (secondary N) is 2. The van der Waals surface area contributed by atoms with E-state index in [0.717, 1.165) is 31.5 Å². The lowest BCUT2D eigenvalue weighted by atomic mass is 10.1. The van der Waals surface area contributed by atoms with E-state index in [1.54, 1.807) is 6.08 Å². The van der Waals surface area contributed by atoms with Crippen molar-refractivity contribution in [1.29, 1.82) is 0 Å². The Morgan fingerprint density at radius 1 is 1.24 bits per heavy atom. The maximum absolute atomic E-state index is 11.7. The van der Waals surface area contributed by atoms with Gasteiger partial charge >= 0.3 is 0 Å². The second-order valence-corrected chi connectivity index (χ2v) is 4.28. The van der Waals surface area contributed by atoms with Gasteiger partial charge in [-0.25, -0.2) is 0 Å². The van der Waals surface area contributed by atoms with Gasteiger partial charge < -0.3 is 10.6 Å². The molecule has 3 nitrogen and oxygen atoms in total. The van der Waals surface area contributed by atoms with Crippen LogP contribution in [-0.4, -0.2) is 25.0 Å². The fraction of sp³-hybridized carbons (Fsp3) is 0.357. The van der Waals surface area contributed by atoms with Gasteiger partial charge in [0.1, 0.15) is 0 Å². The molecule has 0 saturated carbocycles. The van der Waals surface area contributed by atoms with Crippen LogP contribution in [0.4, 0.5) is 0 Å². The van der Waals surface area contributed by atoms with E-state index < -0.39 is 0 Å². The quantitative estimate of drug-likeness (QED) is 0.774. The molecule has 1 aromatic rings. The molecule has 0 radical (unpaired) electrons. The molecule has 0 spiro atoms. The second-order valence-electron chi connectivity index (χ2n) is 4.28. The van der Waals surface area contributed by atoms with Crippen LogP contribution in [0.5, 0.6) is 0 Å². The summed E-state index contributed by atoms with van der Waals surface area (Å²) in [4.78, 5) is 11.7. The average molecular weight is 230 g/mol. The Morgan fingerprint density at radius 2 is 1.94 bits per heavy atom. The van der Waals surface area contributed by atoms with Gasteiger partial charge in [-0.15, -0.1) is 0 Å². The lowest BCUT2D eigenvalue weighted by Crippen LogP contribution is -2.42. The molecule has 0 unspecified atom stereocenters. The normalized spacial score (nSPS) is 17.2. The lowest BCUT2D eigenvalue weighted by Gasteiger charge is -2.22. The predicted molar refractivity (Wildman–Crippen MR) is 69.5 cm³/mol. The third-order valence-electron chi connectivity index (χ3n) is 2.91. The molecular weight excluding hydrogens is 212 g/mol. The molecule has 0 bridgehead atoms. The van der Waals surface area contributed by atoms with Crippen LogP contribution in [0, 0.1) is 0 Å². The molecule has 0 atom stereocenters. The summed E-state index contributed by atoms with van der Waals surface area (Å²) < 4.78 is 0. The number of piperidine rings is 1. The van der Waals surface area contributed by atoms with E-state index in [0.29, 0.717) is 6.04 Å². The maximum atomic E-state index is 11.7. The number of benzene rings is 1. The number of carbonyl (C=O) groups excluding carboxylic acids is 1. The molecule has 17 heavy (non-hydrogen) atoms. The molecule has 2 rings (SSSR count). The summed E-state index contributed by atoms with van der Waals surface area (Å²) in [6, 6.07) is 10.2. The summed E-state index contributed by atoms with van der Waals surface area (Å²) in [5.41, 5.74) is 1.05. The van der Waals surface area contributed by atoms with Gasteiger partial charge in [0.05, 0.1) is 0 Å². The first-order chi connectivity index (χ1) is 8.34. The highest BCUT2D eigenvalue weighted by molar-refractivity contribution is 5.91. The summed E-state index contributed by atoms with van der Waals surface area (Å²) in [5.74, 6) is 0.000697. The monoisotopic (exact) mass is 230 g/mol. The largest absolute Gasteiger partial charge is 0.350 e. The predicted octanol–water partition coefficient (Wildman–Crippen LogP) is 1.57. The number of rotatable bonds is 3. The minimum absolute atomic E-state index is 0.000697. The summed E-state index contributed by atoms with van der Waals surface area (Å²) in [5, 5.41) is 6.30. The van der Waals surface area contributed by atoms with Gasteiger partial charge in [0.2, 0.25) is 5.91 Å². The Morgan fingerprint density at radius 3 is 2.65 bits per heavy atom. The van der Waals surface area contributed by atoms with E-state index >= 15 is 0 Å². The smallest absolute Gasteiger partial charge is 0.244 e. The minimum atomic E-state index is 0.000697. The maximum Gasteiger partial charge on any atom is 0.244 e. The first-order valence-corrected chi connectivity index (χ1v) is 6.09. The van der Waals surface area contributed by atoms with E-state index in [1.807, 2.05) is 36.4 Å². The summed E-state index contributed by atoms with van der Waals surface area (Å²) in [6.07, 6.45) is 5.49. The SMILES string of the molecule is O=C(C=Cc1ccccc1)NC1CCNCC1. The molecule has 1 aromatic carbocycles. The average Bonchev–Trinajstić information content (AvgIpc) is 2.39. The number of carbonyl (C=O) groups is 1. The highest BCUT2D eigenvalue weighted by atomic mass is 16.1. The molecule has 0 aliphatic carbocycles. The van der Waals surface area contributed by atoms with Crippen molar-refractivity contribution >= 4 is 12.0 Å². The Balaban J connectivity index is 1.82. The molecule has 1 fully saturated rings. The van der Waals surface area contributed by atoms with Crippen LogP contribution >= 0.6 is 0 Å². The van der Waals surface area contributed by atoms with Crippen molar-refractivity contribution in [3.8, 4) is 0 Å². The van der Waals surface area contributed by atoms with Crippen molar-refractivity contribution in [2.24, 2.45) is 0 Å². The van der Waals surface area contributed by atoms with Crippen LogP contribution in [0.3, 0.4) is 0 Å². The van der Waals surface area contributed by atoms with Crippen LogP contribution in [0.15, 0.2) is 36.4 Å². The van der Waals surface area contributed by atoms with E-state index in [1.165, 1.54) is 0 Å². The van der Waals surface area contributed by atoms with Crippen molar-refractivity contribution in [3.63, 3.8) is 0 Å². The van der Waals surface area contributed by atoms with Gasteiger partial charge in [-0.2, -0.15) is 0 Å². The van der Waals surface area contributed by atoms with E-state index in [-0.39, 0.29) is 5.91 Å². The minimum Gasteiger partial charge on any atom is -0.350 e. The third kappa shape index (κ3) is 4.04. The van der Waals surface area contributed by atoms with Crippen molar-refractivity contribution in [1.82, 2.24) is 10.6 Å². The molecule has 0 aromatic heterocycles. The highest BCUT2D eigenvalue weighted by Gasteiger charge is 2.13. The molecule has 1 aliphatic heterocycles. The van der Waals surface area contributed by atoms with Gasteiger partial charge in [0, 0.05) is 12.1 Å². The number of hydrogen-bond donors (Lipinski definition) is 2. The molecule has 3 heteroatoms. The van der Waals surface area contributed by atoms with Crippen LogP contribution in [-0.2, 0) is 4.79 Å². The third-order valence-corrected chi connectivity index (χ3v) is 2.91. The van der Waals surface area contributed by atoms with E-state index in [4.69, 9.17) is 0 Å². The molecule has 1 aliphatic rings. The second kappa shape index (κ2) is 6.21. The molecule has 1 amide bonds. The Labute approximate surface area is 102 Å². The first-order valence-electron chi connectivity index (χ1n) is 6.09. The summed E-state index contributed by atoms with van der Waals surface area (Å²) in [7, 11) is 0. The zero-order chi connectivity index (χ0) is 11.9. The van der Waals surface area contributed by atoms with Crippen LogP contribution in [0.25, 0.3) is 6.08 Å². The van der Waals surface area contributed by atoms with Crippen LogP contribution in [0.2, 0.25) is 0 Å². The van der Waals surface area contributed by atoms with Gasteiger partial charge in [-0.1, -0.05) is 30.3 Å². The lowest BCUT2D eigenvalue weighted by molar-refractivity contribution is -0.117. The van der Waals surface area contributed by atoms with Crippen LogP contribution in [0.1, 0.15) is 18.4 Å². The van der Waals surface area contributed by atoms with Gasteiger partial charge in [-0.05, 0) is 37.6 Å². The Bertz CT molecular complexity index is 380. The van der Waals surface area contributed by atoms with Crippen molar-refractivity contribution in [2.45, 2.75) is 18.9 Å². The topological polar surface area (TPSA) is 41.1 Å². The van der Waals surface area contributed by atoms with E-state index in [9.17, 15) is 4.79 Å². The van der Waals surface area contributed by atoms with Gasteiger partial charge in [-0.3, -0.25) is 4.79 Å². The summed E-state index contributed by atoms with van der Waals surface area (Å²) >= 11 is 0. The zero-order valence-electron chi connectivity index (χ0n) is 9.86. The highest BCUT2D eigenvalue weighted by Crippen LogP contribution is 2.03. The molecule has 90 valence electrons.